The molecule has 0 N–H and O–H groups in total. The molecule has 2 aromatic heterocycles. The second kappa shape index (κ2) is 11.1. The Kier molecular flexibility index (Phi) is 6.31. The summed E-state index contributed by atoms with van der Waals surface area (Å²) >= 11 is 0. The van der Waals surface area contributed by atoms with Crippen molar-refractivity contribution in [1.82, 2.24) is 4.57 Å². The van der Waals surface area contributed by atoms with Crippen LogP contribution in [0.25, 0.3) is 65.8 Å². The van der Waals surface area contributed by atoms with Gasteiger partial charge in [-0.25, -0.2) is 0 Å². The average Bonchev–Trinajstić information content (AvgIpc) is 3.70. The molecule has 49 heavy (non-hydrogen) atoms. The molecule has 0 unspecified atom stereocenters. The molecule has 0 spiro atoms. The van der Waals surface area contributed by atoms with Gasteiger partial charge in [-0.3, -0.25) is 0 Å². The number of anilines is 3. The maximum absolute atomic E-state index is 6.35. The van der Waals surface area contributed by atoms with Crippen LogP contribution in [0.15, 0.2) is 174 Å². The molecule has 1 aliphatic rings. The predicted octanol–water partition coefficient (Wildman–Crippen LogP) is 13.0. The molecule has 0 fully saturated rings. The first-order valence-corrected chi connectivity index (χ1v) is 17.0. The third-order valence-electron chi connectivity index (χ3n) is 9.98. The number of rotatable bonds is 5. The first-order chi connectivity index (χ1) is 24.3. The van der Waals surface area contributed by atoms with E-state index in [1.54, 1.807) is 0 Å². The molecule has 0 saturated heterocycles. The second-order valence-electron chi connectivity index (χ2n) is 12.9. The lowest BCUT2D eigenvalue weighted by Gasteiger charge is -2.26. The molecule has 0 saturated carbocycles. The van der Waals surface area contributed by atoms with Crippen molar-refractivity contribution >= 4 is 77.2 Å². The molecular weight excluding hydrogens is 597 g/mol. The predicted molar refractivity (Wildman–Crippen MR) is 207 cm³/mol. The summed E-state index contributed by atoms with van der Waals surface area (Å²) in [6.07, 6.45) is 9.03. The van der Waals surface area contributed by atoms with Crippen molar-refractivity contribution in [3.8, 4) is 5.69 Å². The average molecular weight is 629 g/mol. The van der Waals surface area contributed by atoms with Crippen LogP contribution in [0.1, 0.15) is 18.4 Å². The lowest BCUT2D eigenvalue weighted by atomic mass is 9.99. The highest BCUT2D eigenvalue weighted by Gasteiger charge is 2.18. The quantitative estimate of drug-likeness (QED) is 0.189. The Hall–Kier alpha value is -6.32. The van der Waals surface area contributed by atoms with E-state index in [1.807, 2.05) is 12.1 Å². The van der Waals surface area contributed by atoms with Crippen LogP contribution in [0.3, 0.4) is 0 Å². The third kappa shape index (κ3) is 4.58. The Labute approximate surface area is 284 Å². The van der Waals surface area contributed by atoms with Crippen LogP contribution in [-0.2, 0) is 0 Å². The zero-order valence-corrected chi connectivity index (χ0v) is 26.9. The summed E-state index contributed by atoms with van der Waals surface area (Å²) in [7, 11) is 0. The van der Waals surface area contributed by atoms with E-state index in [1.165, 1.54) is 43.7 Å². The molecule has 0 bridgehead atoms. The van der Waals surface area contributed by atoms with Crippen LogP contribution in [0.5, 0.6) is 0 Å². The van der Waals surface area contributed by atoms with Gasteiger partial charge in [-0.05, 0) is 108 Å². The van der Waals surface area contributed by atoms with Crippen LogP contribution < -0.4 is 4.90 Å². The summed E-state index contributed by atoms with van der Waals surface area (Å²) in [6, 6.07) is 54.7. The van der Waals surface area contributed by atoms with Crippen LogP contribution in [0.4, 0.5) is 17.1 Å². The molecule has 1 aliphatic carbocycles. The second-order valence-corrected chi connectivity index (χ2v) is 12.9. The smallest absolute Gasteiger partial charge is 0.137 e. The zero-order valence-electron chi connectivity index (χ0n) is 26.9. The van der Waals surface area contributed by atoms with Gasteiger partial charge in [-0.15, -0.1) is 0 Å². The molecule has 9 aromatic rings. The molecule has 232 valence electrons. The van der Waals surface area contributed by atoms with Crippen LogP contribution in [0, 0.1) is 0 Å². The fourth-order valence-corrected chi connectivity index (χ4v) is 7.62. The minimum Gasteiger partial charge on any atom is -0.456 e. The molecule has 3 heteroatoms. The summed E-state index contributed by atoms with van der Waals surface area (Å²) in [4.78, 5) is 2.32. The topological polar surface area (TPSA) is 21.3 Å². The molecule has 0 aliphatic heterocycles. The van der Waals surface area contributed by atoms with Crippen LogP contribution in [-0.4, -0.2) is 4.57 Å². The first-order valence-electron chi connectivity index (χ1n) is 17.0. The van der Waals surface area contributed by atoms with E-state index in [4.69, 9.17) is 4.42 Å². The molecule has 3 nitrogen and oxygen atoms in total. The van der Waals surface area contributed by atoms with Gasteiger partial charge in [0.25, 0.3) is 0 Å². The van der Waals surface area contributed by atoms with Crippen molar-refractivity contribution in [3.05, 3.63) is 175 Å². The largest absolute Gasteiger partial charge is 0.456 e. The highest BCUT2D eigenvalue weighted by molar-refractivity contribution is 6.13. The van der Waals surface area contributed by atoms with Gasteiger partial charge in [0.2, 0.25) is 0 Å². The van der Waals surface area contributed by atoms with Crippen molar-refractivity contribution in [1.29, 1.82) is 0 Å². The van der Waals surface area contributed by atoms with Gasteiger partial charge in [0, 0.05) is 50.4 Å². The van der Waals surface area contributed by atoms with Crippen molar-refractivity contribution in [2.45, 2.75) is 12.8 Å². The number of allylic oxidation sites excluding steroid dienone is 4. The molecule has 2 heterocycles. The normalized spacial score (nSPS) is 13.2. The highest BCUT2D eigenvalue weighted by Crippen LogP contribution is 2.40. The highest BCUT2D eigenvalue weighted by atomic mass is 16.3. The van der Waals surface area contributed by atoms with E-state index < -0.39 is 0 Å². The number of para-hydroxylation sites is 2. The first kappa shape index (κ1) is 27.8. The van der Waals surface area contributed by atoms with E-state index >= 15 is 0 Å². The molecular formula is C46H32N2O. The summed E-state index contributed by atoms with van der Waals surface area (Å²) in [5.74, 6) is 0. The Morgan fingerprint density at radius 1 is 0.490 bits per heavy atom. The lowest BCUT2D eigenvalue weighted by molar-refractivity contribution is 0.669. The number of aromatic nitrogens is 1. The van der Waals surface area contributed by atoms with Crippen molar-refractivity contribution in [3.63, 3.8) is 0 Å². The van der Waals surface area contributed by atoms with Crippen molar-refractivity contribution in [2.75, 3.05) is 4.90 Å². The van der Waals surface area contributed by atoms with Crippen molar-refractivity contribution < 1.29 is 4.42 Å². The number of hydrogen-bond donors (Lipinski definition) is 0. The Balaban J connectivity index is 1.12. The maximum atomic E-state index is 6.35. The molecule has 10 rings (SSSR count). The fourth-order valence-electron chi connectivity index (χ4n) is 7.62. The summed E-state index contributed by atoms with van der Waals surface area (Å²) in [6.45, 7) is 0. The van der Waals surface area contributed by atoms with E-state index in [9.17, 15) is 0 Å². The molecule has 0 radical (unpaired) electrons. The molecule has 7 aromatic carbocycles. The van der Waals surface area contributed by atoms with Crippen LogP contribution >= 0.6 is 0 Å². The van der Waals surface area contributed by atoms with Crippen LogP contribution in [0.2, 0.25) is 0 Å². The zero-order chi connectivity index (χ0) is 32.3. The van der Waals surface area contributed by atoms with Gasteiger partial charge in [0.15, 0.2) is 0 Å². The SMILES string of the molecule is C1=CC(c2ccc(N(c3ccc(-n4c5ccccc5c5cc6ccccc6cc54)cc3)c3ccc4c(c3)oc3ccccc34)cc2)=CCC1. The Morgan fingerprint density at radius 2 is 1.16 bits per heavy atom. The van der Waals surface area contributed by atoms with Gasteiger partial charge in [-0.1, -0.05) is 91.0 Å². The molecule has 0 amide bonds. The minimum atomic E-state index is 0.881. The standard InChI is InChI=1S/C46H32N2O/c1-2-10-31(11-3-1)32-18-20-35(21-19-32)47(38-26-27-41-40-15-7-9-17-45(40)49-46(41)30-38)36-22-24-37(25-23-36)48-43-16-8-6-14-39(43)42-28-33-12-4-5-13-34(33)29-44(42)48/h2,4-30H,1,3H2. The minimum absolute atomic E-state index is 0.881. The fraction of sp³-hybridized carbons (Fsp3) is 0.0435. The van der Waals surface area contributed by atoms with E-state index in [-0.39, 0.29) is 0 Å². The number of hydrogen-bond acceptors (Lipinski definition) is 2. The summed E-state index contributed by atoms with van der Waals surface area (Å²) in [5, 5.41) is 7.29. The number of nitrogens with zero attached hydrogens (tertiary/aromatic N) is 2. The van der Waals surface area contributed by atoms with Crippen molar-refractivity contribution in [2.24, 2.45) is 0 Å². The maximum Gasteiger partial charge on any atom is 0.137 e. The van der Waals surface area contributed by atoms with Gasteiger partial charge in [0.05, 0.1) is 11.0 Å². The monoisotopic (exact) mass is 628 g/mol. The number of fused-ring (bicyclic) bond motifs is 7. The Morgan fingerprint density at radius 3 is 1.96 bits per heavy atom. The van der Waals surface area contributed by atoms with Gasteiger partial charge < -0.3 is 13.9 Å². The van der Waals surface area contributed by atoms with E-state index in [2.05, 4.69) is 167 Å². The molecule has 0 atom stereocenters. The lowest BCUT2D eigenvalue weighted by Crippen LogP contribution is -2.10. The Bertz CT molecular complexity index is 2760. The van der Waals surface area contributed by atoms with Gasteiger partial charge >= 0.3 is 0 Å². The summed E-state index contributed by atoms with van der Waals surface area (Å²) < 4.78 is 8.74. The number of furan rings is 1. The van der Waals surface area contributed by atoms with E-state index in [0.717, 1.165) is 57.5 Å². The van der Waals surface area contributed by atoms with Gasteiger partial charge in [0.1, 0.15) is 11.2 Å². The summed E-state index contributed by atoms with van der Waals surface area (Å²) in [5.41, 5.74) is 11.1. The van der Waals surface area contributed by atoms with E-state index in [0.29, 0.717) is 0 Å². The van der Waals surface area contributed by atoms with Gasteiger partial charge in [-0.2, -0.15) is 0 Å². The number of benzene rings is 7. The third-order valence-corrected chi connectivity index (χ3v) is 9.98.